The molecule has 2 fully saturated rings. The summed E-state index contributed by atoms with van der Waals surface area (Å²) in [5, 5.41) is 0. The summed E-state index contributed by atoms with van der Waals surface area (Å²) in [6.07, 6.45) is 3.59. The lowest BCUT2D eigenvalue weighted by molar-refractivity contribution is -0.132. The number of piperidine rings is 1. The van der Waals surface area contributed by atoms with E-state index in [1.165, 1.54) is 5.56 Å². The summed E-state index contributed by atoms with van der Waals surface area (Å²) in [7, 11) is 5.81. The molecular weight excluding hydrogens is 402 g/mol. The molecule has 4 rings (SSSR count). The van der Waals surface area contributed by atoms with Crippen molar-refractivity contribution in [3.63, 3.8) is 0 Å². The van der Waals surface area contributed by atoms with Gasteiger partial charge in [-0.05, 0) is 24.8 Å². The molecule has 170 valence electrons. The van der Waals surface area contributed by atoms with Crippen molar-refractivity contribution in [3.05, 3.63) is 53.5 Å². The van der Waals surface area contributed by atoms with E-state index in [4.69, 9.17) is 9.97 Å². The van der Waals surface area contributed by atoms with Crippen LogP contribution >= 0.6 is 0 Å². The third-order valence-electron chi connectivity index (χ3n) is 6.65. The van der Waals surface area contributed by atoms with Crippen molar-refractivity contribution in [3.8, 4) is 0 Å². The Morgan fingerprint density at radius 2 is 1.81 bits per heavy atom. The van der Waals surface area contributed by atoms with E-state index >= 15 is 0 Å². The van der Waals surface area contributed by atoms with Crippen LogP contribution in [0.5, 0.6) is 0 Å². The van der Waals surface area contributed by atoms with Crippen molar-refractivity contribution in [1.29, 1.82) is 0 Å². The van der Waals surface area contributed by atoms with Gasteiger partial charge in [-0.3, -0.25) is 9.59 Å². The van der Waals surface area contributed by atoms with Gasteiger partial charge in [0.1, 0.15) is 11.6 Å². The average Bonchev–Trinajstić information content (AvgIpc) is 3.16. The quantitative estimate of drug-likeness (QED) is 0.698. The molecule has 2 saturated heterocycles. The van der Waals surface area contributed by atoms with Crippen LogP contribution in [0, 0.1) is 0 Å². The Labute approximate surface area is 190 Å². The minimum absolute atomic E-state index is 0.118. The van der Waals surface area contributed by atoms with Crippen molar-refractivity contribution in [2.75, 3.05) is 45.7 Å². The molecule has 7 nitrogen and oxygen atoms in total. The van der Waals surface area contributed by atoms with Gasteiger partial charge < -0.3 is 14.7 Å². The third kappa shape index (κ3) is 5.09. The molecule has 1 aromatic heterocycles. The van der Waals surface area contributed by atoms with Crippen LogP contribution in [0.4, 0.5) is 5.82 Å². The number of hydrogen-bond donors (Lipinski definition) is 0. The van der Waals surface area contributed by atoms with E-state index in [0.717, 1.165) is 49.7 Å². The number of aromatic nitrogens is 2. The maximum atomic E-state index is 12.7. The van der Waals surface area contributed by atoms with E-state index in [9.17, 15) is 9.59 Å². The second kappa shape index (κ2) is 9.67. The predicted octanol–water partition coefficient (Wildman–Crippen LogP) is 2.83. The zero-order chi connectivity index (χ0) is 22.7. The number of likely N-dealkylation sites (N-methyl/N-ethyl adjacent to an activating group) is 1. The Morgan fingerprint density at radius 3 is 2.44 bits per heavy atom. The molecule has 3 heterocycles. The van der Waals surface area contributed by atoms with Crippen LogP contribution in [0.15, 0.2) is 36.4 Å². The molecule has 0 spiro atoms. The Hall–Kier alpha value is -2.96. The van der Waals surface area contributed by atoms with Gasteiger partial charge in [0.2, 0.25) is 11.8 Å². The summed E-state index contributed by atoms with van der Waals surface area (Å²) in [6, 6.07) is 12.2. The molecule has 2 amide bonds. The molecule has 0 bridgehead atoms. The predicted molar refractivity (Wildman–Crippen MR) is 125 cm³/mol. The van der Waals surface area contributed by atoms with Crippen LogP contribution < -0.4 is 4.90 Å². The third-order valence-corrected chi connectivity index (χ3v) is 6.65. The molecule has 0 N–H and O–H groups in total. The monoisotopic (exact) mass is 435 g/mol. The minimum Gasteiger partial charge on any atom is -0.363 e. The highest BCUT2D eigenvalue weighted by Gasteiger charge is 2.31. The van der Waals surface area contributed by atoms with Crippen LogP contribution in [0.2, 0.25) is 0 Å². The van der Waals surface area contributed by atoms with E-state index in [-0.39, 0.29) is 23.7 Å². The molecule has 2 aliphatic heterocycles. The fourth-order valence-corrected chi connectivity index (χ4v) is 4.60. The molecular formula is C25H33N5O2. The van der Waals surface area contributed by atoms with E-state index in [1.54, 1.807) is 4.90 Å². The molecule has 0 aliphatic carbocycles. The topological polar surface area (TPSA) is 69.6 Å². The van der Waals surface area contributed by atoms with E-state index in [0.29, 0.717) is 19.4 Å². The second-order valence-electron chi connectivity index (χ2n) is 9.22. The van der Waals surface area contributed by atoms with Crippen LogP contribution in [0.3, 0.4) is 0 Å². The summed E-state index contributed by atoms with van der Waals surface area (Å²) in [6.45, 7) is 2.19. The molecule has 1 aromatic carbocycles. The van der Waals surface area contributed by atoms with Gasteiger partial charge >= 0.3 is 0 Å². The van der Waals surface area contributed by atoms with Crippen LogP contribution in [-0.2, 0) is 16.0 Å². The first-order chi connectivity index (χ1) is 15.4. The Balaban J connectivity index is 1.40. The first-order valence-corrected chi connectivity index (χ1v) is 11.5. The summed E-state index contributed by atoms with van der Waals surface area (Å²) in [4.78, 5) is 40.2. The second-order valence-corrected chi connectivity index (χ2v) is 9.22. The van der Waals surface area contributed by atoms with Crippen LogP contribution in [0.1, 0.15) is 54.6 Å². The normalized spacial score (nSPS) is 19.5. The fourth-order valence-electron chi connectivity index (χ4n) is 4.60. The highest BCUT2D eigenvalue weighted by molar-refractivity contribution is 5.79. The number of anilines is 1. The lowest BCUT2D eigenvalue weighted by atomic mass is 9.94. The van der Waals surface area contributed by atoms with Gasteiger partial charge in [0.05, 0.1) is 5.69 Å². The zero-order valence-electron chi connectivity index (χ0n) is 19.3. The van der Waals surface area contributed by atoms with Gasteiger partial charge in [-0.2, -0.15) is 0 Å². The number of amides is 2. The van der Waals surface area contributed by atoms with Gasteiger partial charge in [-0.25, -0.2) is 9.97 Å². The highest BCUT2D eigenvalue weighted by Crippen LogP contribution is 2.32. The lowest BCUT2D eigenvalue weighted by Gasteiger charge is -2.32. The largest absolute Gasteiger partial charge is 0.363 e. The van der Waals surface area contributed by atoms with Crippen molar-refractivity contribution < 1.29 is 9.59 Å². The van der Waals surface area contributed by atoms with Gasteiger partial charge in [0, 0.05) is 71.5 Å². The van der Waals surface area contributed by atoms with Crippen molar-refractivity contribution in [2.24, 2.45) is 0 Å². The molecule has 1 unspecified atom stereocenters. The molecule has 0 radical (unpaired) electrons. The summed E-state index contributed by atoms with van der Waals surface area (Å²) >= 11 is 0. The van der Waals surface area contributed by atoms with Gasteiger partial charge in [-0.15, -0.1) is 0 Å². The Morgan fingerprint density at radius 1 is 1.09 bits per heavy atom. The van der Waals surface area contributed by atoms with Crippen molar-refractivity contribution in [2.45, 2.75) is 43.9 Å². The first-order valence-electron chi connectivity index (χ1n) is 11.5. The van der Waals surface area contributed by atoms with Gasteiger partial charge in [-0.1, -0.05) is 30.3 Å². The fraction of sp³-hybridized carbons (Fsp3) is 0.520. The summed E-state index contributed by atoms with van der Waals surface area (Å²) < 4.78 is 0. The number of nitrogens with zero attached hydrogens (tertiary/aromatic N) is 5. The smallest absolute Gasteiger partial charge is 0.223 e. The van der Waals surface area contributed by atoms with Crippen molar-refractivity contribution in [1.82, 2.24) is 19.8 Å². The van der Waals surface area contributed by atoms with Gasteiger partial charge in [0.15, 0.2) is 0 Å². The average molecular weight is 436 g/mol. The summed E-state index contributed by atoms with van der Waals surface area (Å²) in [5.74, 6) is 2.49. The summed E-state index contributed by atoms with van der Waals surface area (Å²) in [5.41, 5.74) is 2.16. The highest BCUT2D eigenvalue weighted by atomic mass is 16.2. The number of benzene rings is 1. The minimum atomic E-state index is 0.118. The first kappa shape index (κ1) is 22.2. The molecule has 0 saturated carbocycles. The van der Waals surface area contributed by atoms with Crippen LogP contribution in [0.25, 0.3) is 0 Å². The number of rotatable bonds is 6. The Bertz CT molecular complexity index is 954. The number of aryl methyl sites for hydroxylation is 1. The molecule has 2 aliphatic rings. The van der Waals surface area contributed by atoms with E-state index < -0.39 is 0 Å². The number of carbonyl (C=O) groups is 2. The zero-order valence-corrected chi connectivity index (χ0v) is 19.3. The van der Waals surface area contributed by atoms with Gasteiger partial charge in [0.25, 0.3) is 0 Å². The number of carbonyl (C=O) groups excluding carboxylic acids is 2. The van der Waals surface area contributed by atoms with Crippen LogP contribution in [-0.4, -0.2) is 72.4 Å². The van der Waals surface area contributed by atoms with Crippen molar-refractivity contribution >= 4 is 17.6 Å². The maximum Gasteiger partial charge on any atom is 0.223 e. The maximum absolute atomic E-state index is 12.7. The van der Waals surface area contributed by atoms with E-state index in [2.05, 4.69) is 12.1 Å². The number of likely N-dealkylation sites (tertiary alicyclic amines) is 2. The molecule has 1 atom stereocenters. The molecule has 7 heteroatoms. The Kier molecular flexibility index (Phi) is 6.72. The standard InChI is InChI=1S/C25H33N5O2/c1-28(2)22-16-21(20-15-24(32)29(3)17-20)26-25(27-22)19-11-13-30(14-12-19)23(31)10-9-18-7-5-4-6-8-18/h4-8,16,19-20H,9-15,17H2,1-3H3. The van der Waals surface area contributed by atoms with E-state index in [1.807, 2.05) is 55.2 Å². The lowest BCUT2D eigenvalue weighted by Crippen LogP contribution is -2.38. The molecule has 2 aromatic rings. The number of hydrogen-bond acceptors (Lipinski definition) is 5. The molecule has 32 heavy (non-hydrogen) atoms. The SMILES string of the molecule is CN1CC(c2cc(N(C)C)nc(C3CCN(C(=O)CCc4ccccc4)CC3)n2)CC1=O.